The summed E-state index contributed by atoms with van der Waals surface area (Å²) < 4.78 is 0. The van der Waals surface area contributed by atoms with E-state index in [4.69, 9.17) is 0 Å². The summed E-state index contributed by atoms with van der Waals surface area (Å²) in [6.07, 6.45) is 2.04. The Balaban J connectivity index is 1.89. The molecule has 0 saturated heterocycles. The molecule has 1 heterocycles. The van der Waals surface area contributed by atoms with Crippen LogP contribution in [0.2, 0.25) is 0 Å². The third-order valence-corrected chi connectivity index (χ3v) is 4.89. The number of rotatable bonds is 6. The van der Waals surface area contributed by atoms with Crippen molar-refractivity contribution in [3.05, 3.63) is 52.2 Å². The number of nitrogens with one attached hydrogen (secondary N) is 2. The lowest BCUT2D eigenvalue weighted by Gasteiger charge is -2.22. The van der Waals surface area contributed by atoms with Crippen molar-refractivity contribution in [1.29, 1.82) is 0 Å². The zero-order valence-electron chi connectivity index (χ0n) is 12.6. The maximum atomic E-state index is 12.0. The Morgan fingerprint density at radius 3 is 2.86 bits per heavy atom. The summed E-state index contributed by atoms with van der Waals surface area (Å²) >= 11 is 3.20. The van der Waals surface area contributed by atoms with Crippen LogP contribution in [0.4, 0.5) is 10.5 Å². The molecule has 6 heteroatoms. The summed E-state index contributed by atoms with van der Waals surface area (Å²) in [5, 5.41) is 17.8. The molecule has 2 rings (SSSR count). The molecule has 0 aliphatic carbocycles. The minimum atomic E-state index is -1.06. The molecule has 0 aliphatic rings. The maximum absolute atomic E-state index is 12.0. The predicted octanol–water partition coefficient (Wildman–Crippen LogP) is 3.64. The highest BCUT2D eigenvalue weighted by Gasteiger charge is 2.24. The number of hydrogen-bond acceptors (Lipinski definition) is 4. The Bertz CT molecular complexity index is 612. The van der Waals surface area contributed by atoms with E-state index in [2.05, 4.69) is 10.6 Å². The highest BCUT2D eigenvalue weighted by Crippen LogP contribution is 2.24. The number of amides is 2. The van der Waals surface area contributed by atoms with E-state index in [1.54, 1.807) is 18.7 Å². The lowest BCUT2D eigenvalue weighted by molar-refractivity contribution is 0.0637. The zero-order chi connectivity index (χ0) is 16.0. The van der Waals surface area contributed by atoms with E-state index in [9.17, 15) is 9.90 Å². The normalized spacial score (nSPS) is 13.4. The van der Waals surface area contributed by atoms with Gasteiger partial charge in [0.25, 0.3) is 0 Å². The average Bonchev–Trinajstić information content (AvgIpc) is 3.01. The summed E-state index contributed by atoms with van der Waals surface area (Å²) in [6, 6.07) is 11.2. The van der Waals surface area contributed by atoms with Crippen molar-refractivity contribution in [3.8, 4) is 0 Å². The Morgan fingerprint density at radius 1 is 1.36 bits per heavy atom. The molecule has 1 aromatic carbocycles. The Kier molecular flexibility index (Phi) is 5.88. The first-order valence-electron chi connectivity index (χ1n) is 6.90. The van der Waals surface area contributed by atoms with Gasteiger partial charge in [0.2, 0.25) is 0 Å². The number of aliphatic hydroxyl groups is 1. The average molecular weight is 336 g/mol. The quantitative estimate of drug-likeness (QED) is 0.755. The van der Waals surface area contributed by atoms with E-state index < -0.39 is 5.60 Å². The predicted molar refractivity (Wildman–Crippen MR) is 94.6 cm³/mol. The molecule has 0 saturated carbocycles. The topological polar surface area (TPSA) is 61.4 Å². The number of thiophene rings is 1. The monoisotopic (exact) mass is 336 g/mol. The van der Waals surface area contributed by atoms with E-state index in [1.165, 1.54) is 11.3 Å². The zero-order valence-corrected chi connectivity index (χ0v) is 14.3. The first kappa shape index (κ1) is 16.9. The maximum Gasteiger partial charge on any atom is 0.319 e. The van der Waals surface area contributed by atoms with Gasteiger partial charge in [-0.25, -0.2) is 4.79 Å². The van der Waals surface area contributed by atoms with Gasteiger partial charge in [0, 0.05) is 16.3 Å². The molecule has 1 aromatic heterocycles. The minimum Gasteiger partial charge on any atom is -0.383 e. The molecule has 0 bridgehead atoms. The third-order valence-electron chi connectivity index (χ3n) is 3.14. The number of anilines is 1. The highest BCUT2D eigenvalue weighted by molar-refractivity contribution is 7.97. The molecule has 0 fully saturated rings. The summed E-state index contributed by atoms with van der Waals surface area (Å²) in [4.78, 5) is 12.8. The van der Waals surface area contributed by atoms with Gasteiger partial charge in [0.1, 0.15) is 5.60 Å². The van der Waals surface area contributed by atoms with Crippen molar-refractivity contribution in [2.75, 3.05) is 18.1 Å². The number of benzene rings is 1. The lowest BCUT2D eigenvalue weighted by atomic mass is 10.1. The first-order valence-corrected chi connectivity index (χ1v) is 9.18. The van der Waals surface area contributed by atoms with Crippen LogP contribution in [0.1, 0.15) is 17.4 Å². The fourth-order valence-electron chi connectivity index (χ4n) is 2.01. The van der Waals surface area contributed by atoms with Gasteiger partial charge < -0.3 is 15.7 Å². The second kappa shape index (κ2) is 7.67. The van der Waals surface area contributed by atoms with Crippen LogP contribution in [0.25, 0.3) is 0 Å². The fourth-order valence-corrected chi connectivity index (χ4v) is 3.31. The number of carbonyl (C=O) groups is 1. The van der Waals surface area contributed by atoms with Gasteiger partial charge in [-0.3, -0.25) is 0 Å². The van der Waals surface area contributed by atoms with E-state index in [0.717, 1.165) is 21.9 Å². The van der Waals surface area contributed by atoms with Crippen molar-refractivity contribution < 1.29 is 9.90 Å². The molecule has 4 nitrogen and oxygen atoms in total. The van der Waals surface area contributed by atoms with Gasteiger partial charge in [-0.15, -0.1) is 11.3 Å². The van der Waals surface area contributed by atoms with Crippen LogP contribution >= 0.6 is 23.1 Å². The molecule has 2 amide bonds. The van der Waals surface area contributed by atoms with Gasteiger partial charge in [0.15, 0.2) is 0 Å². The van der Waals surface area contributed by atoms with E-state index in [0.29, 0.717) is 0 Å². The van der Waals surface area contributed by atoms with Gasteiger partial charge in [-0.05, 0) is 42.3 Å². The van der Waals surface area contributed by atoms with Crippen LogP contribution in [0.15, 0.2) is 41.8 Å². The second-order valence-electron chi connectivity index (χ2n) is 5.19. The van der Waals surface area contributed by atoms with Gasteiger partial charge >= 0.3 is 6.03 Å². The Hall–Kier alpha value is -1.50. The van der Waals surface area contributed by atoms with Gasteiger partial charge in [-0.1, -0.05) is 18.2 Å². The van der Waals surface area contributed by atoms with Crippen LogP contribution in [-0.4, -0.2) is 23.9 Å². The van der Waals surface area contributed by atoms with Crippen LogP contribution in [-0.2, 0) is 11.4 Å². The lowest BCUT2D eigenvalue weighted by Crippen LogP contribution is -2.40. The fraction of sp³-hybridized carbons (Fsp3) is 0.312. The molecule has 118 valence electrons. The van der Waals surface area contributed by atoms with Crippen molar-refractivity contribution in [2.24, 2.45) is 0 Å². The molecule has 1 unspecified atom stereocenters. The smallest absolute Gasteiger partial charge is 0.319 e. The minimum absolute atomic E-state index is 0.157. The molecule has 0 aliphatic heterocycles. The Labute approximate surface area is 138 Å². The van der Waals surface area contributed by atoms with Crippen LogP contribution in [0.5, 0.6) is 0 Å². The summed E-state index contributed by atoms with van der Waals surface area (Å²) in [7, 11) is 0. The van der Waals surface area contributed by atoms with Crippen LogP contribution in [0, 0.1) is 0 Å². The molecule has 2 aromatic rings. The van der Waals surface area contributed by atoms with Crippen LogP contribution in [0.3, 0.4) is 0 Å². The van der Waals surface area contributed by atoms with E-state index in [-0.39, 0.29) is 12.6 Å². The number of thioether (sulfide) groups is 1. The van der Waals surface area contributed by atoms with Crippen molar-refractivity contribution >= 4 is 34.8 Å². The van der Waals surface area contributed by atoms with E-state index >= 15 is 0 Å². The number of urea groups is 1. The molecular weight excluding hydrogens is 316 g/mol. The SMILES string of the molecule is CSCc1cccc(NC(=O)NCC(C)(O)c2cccs2)c1. The first-order chi connectivity index (χ1) is 10.5. The highest BCUT2D eigenvalue weighted by atomic mass is 32.2. The van der Waals surface area contributed by atoms with Crippen molar-refractivity contribution in [1.82, 2.24) is 5.32 Å². The molecule has 1 atom stereocenters. The summed E-state index contributed by atoms with van der Waals surface area (Å²) in [5.74, 6) is 0.907. The molecule has 3 N–H and O–H groups in total. The van der Waals surface area contributed by atoms with Crippen molar-refractivity contribution in [2.45, 2.75) is 18.3 Å². The number of carbonyl (C=O) groups excluding carboxylic acids is 1. The van der Waals surface area contributed by atoms with Gasteiger partial charge in [-0.2, -0.15) is 11.8 Å². The van der Waals surface area contributed by atoms with E-state index in [1.807, 2.05) is 48.0 Å². The summed E-state index contributed by atoms with van der Waals surface area (Å²) in [6.45, 7) is 1.85. The molecule has 0 spiro atoms. The molecule has 22 heavy (non-hydrogen) atoms. The second-order valence-corrected chi connectivity index (χ2v) is 7.01. The van der Waals surface area contributed by atoms with Crippen molar-refractivity contribution in [3.63, 3.8) is 0 Å². The largest absolute Gasteiger partial charge is 0.383 e. The Morgan fingerprint density at radius 2 is 2.18 bits per heavy atom. The van der Waals surface area contributed by atoms with Crippen LogP contribution < -0.4 is 10.6 Å². The summed E-state index contributed by atoms with van der Waals surface area (Å²) in [5.41, 5.74) is 0.849. The van der Waals surface area contributed by atoms with Gasteiger partial charge in [0.05, 0.1) is 6.54 Å². The third kappa shape index (κ3) is 4.76. The molecular formula is C16H20N2O2S2. The molecule has 0 radical (unpaired) electrons. The standard InChI is InChI=1S/C16H20N2O2S2/c1-16(20,14-7-4-8-22-14)11-17-15(19)18-13-6-3-5-12(9-13)10-21-2/h3-9,20H,10-11H2,1-2H3,(H2,17,18,19). The number of hydrogen-bond donors (Lipinski definition) is 3.